The highest BCUT2D eigenvalue weighted by Crippen LogP contribution is 2.20. The summed E-state index contributed by atoms with van der Waals surface area (Å²) >= 11 is 0. The molecule has 1 aliphatic heterocycles. The molecule has 1 rings (SSSR count). The summed E-state index contributed by atoms with van der Waals surface area (Å²) in [4.78, 5) is 13.5. The van der Waals surface area contributed by atoms with E-state index in [1.165, 1.54) is 0 Å². The van der Waals surface area contributed by atoms with Crippen LogP contribution in [0.5, 0.6) is 0 Å². The molecule has 0 aliphatic carbocycles. The Morgan fingerprint density at radius 2 is 2.15 bits per heavy atom. The first-order valence-electron chi connectivity index (χ1n) is 4.64. The second-order valence-electron chi connectivity index (χ2n) is 4.64. The van der Waals surface area contributed by atoms with Gasteiger partial charge in [0.2, 0.25) is 0 Å². The van der Waals surface area contributed by atoms with E-state index in [1.54, 1.807) is 0 Å². The van der Waals surface area contributed by atoms with E-state index in [0.717, 1.165) is 13.0 Å². The van der Waals surface area contributed by atoms with Gasteiger partial charge in [-0.2, -0.15) is 0 Å². The third kappa shape index (κ3) is 2.99. The van der Waals surface area contributed by atoms with Crippen molar-refractivity contribution < 1.29 is 9.53 Å². The summed E-state index contributed by atoms with van der Waals surface area (Å²) in [5.74, 6) is -0.110. The van der Waals surface area contributed by atoms with Gasteiger partial charge in [0.25, 0.3) is 0 Å². The largest absolute Gasteiger partial charge is 0.461 e. The van der Waals surface area contributed by atoms with E-state index in [2.05, 4.69) is 11.4 Å². The number of esters is 1. The summed E-state index contributed by atoms with van der Waals surface area (Å²) < 4.78 is 5.33. The maximum atomic E-state index is 11.5. The second-order valence-corrected chi connectivity index (χ2v) is 4.64. The van der Waals surface area contributed by atoms with Crippen LogP contribution in [0.25, 0.3) is 0 Å². The molecule has 0 saturated carbocycles. The van der Waals surface area contributed by atoms with Crippen LogP contribution in [0.15, 0.2) is 0 Å². The van der Waals surface area contributed by atoms with Gasteiger partial charge in [-0.3, -0.25) is 9.69 Å². The standard InChI is InChI=1S/C10H18NO2/c1-10(2,3)9(12)13-8-5-6-11(4)7-8/h6,8H,5,7H2,1-4H3. The Bertz CT molecular complexity index is 196. The Kier molecular flexibility index (Phi) is 2.96. The number of carbonyl (C=O) groups is 1. The highest BCUT2D eigenvalue weighted by Gasteiger charge is 2.29. The minimum atomic E-state index is -0.388. The number of hydrogen-bond donors (Lipinski definition) is 0. The zero-order chi connectivity index (χ0) is 10.1. The first-order chi connectivity index (χ1) is 5.89. The van der Waals surface area contributed by atoms with E-state index in [-0.39, 0.29) is 17.5 Å². The molecule has 0 aromatic carbocycles. The molecule has 1 heterocycles. The minimum absolute atomic E-state index is 0.0525. The smallest absolute Gasteiger partial charge is 0.311 e. The zero-order valence-corrected chi connectivity index (χ0v) is 8.83. The summed E-state index contributed by atoms with van der Waals surface area (Å²) in [6.45, 7) is 8.50. The maximum absolute atomic E-state index is 11.5. The fourth-order valence-corrected chi connectivity index (χ4v) is 1.18. The highest BCUT2D eigenvalue weighted by atomic mass is 16.5. The van der Waals surface area contributed by atoms with Crippen LogP contribution in [0.1, 0.15) is 27.2 Å². The van der Waals surface area contributed by atoms with E-state index < -0.39 is 0 Å². The predicted molar refractivity (Wildman–Crippen MR) is 50.9 cm³/mol. The molecule has 1 fully saturated rings. The van der Waals surface area contributed by atoms with E-state index in [9.17, 15) is 4.79 Å². The lowest BCUT2D eigenvalue weighted by atomic mass is 9.97. The number of ether oxygens (including phenoxy) is 1. The quantitative estimate of drug-likeness (QED) is 0.577. The van der Waals surface area contributed by atoms with Crippen molar-refractivity contribution in [3.05, 3.63) is 6.54 Å². The SMILES string of the molecule is CN1[CH]CC(OC(=O)C(C)(C)C)C1. The van der Waals surface area contributed by atoms with Crippen LogP contribution in [0.2, 0.25) is 0 Å². The van der Waals surface area contributed by atoms with Crippen LogP contribution < -0.4 is 0 Å². The number of likely N-dealkylation sites (N-methyl/N-ethyl adjacent to an activating group) is 1. The molecule has 0 N–H and O–H groups in total. The van der Waals surface area contributed by atoms with Gasteiger partial charge in [0.05, 0.1) is 5.41 Å². The summed E-state index contributed by atoms with van der Waals surface area (Å²) in [6.07, 6.45) is 0.898. The molecule has 3 nitrogen and oxygen atoms in total. The van der Waals surface area contributed by atoms with E-state index >= 15 is 0 Å². The molecular weight excluding hydrogens is 166 g/mol. The average Bonchev–Trinajstić information content (AvgIpc) is 2.33. The van der Waals surface area contributed by atoms with Crippen LogP contribution in [0.4, 0.5) is 0 Å². The van der Waals surface area contributed by atoms with Gasteiger partial charge in [-0.15, -0.1) is 0 Å². The van der Waals surface area contributed by atoms with Gasteiger partial charge >= 0.3 is 5.97 Å². The summed E-state index contributed by atoms with van der Waals surface area (Å²) in [5, 5.41) is 0. The van der Waals surface area contributed by atoms with Crippen molar-refractivity contribution in [3.8, 4) is 0 Å². The minimum Gasteiger partial charge on any atom is -0.461 e. The van der Waals surface area contributed by atoms with Gasteiger partial charge in [-0.05, 0) is 27.8 Å². The number of hydrogen-bond acceptors (Lipinski definition) is 3. The van der Waals surface area contributed by atoms with Crippen molar-refractivity contribution >= 4 is 5.97 Å². The van der Waals surface area contributed by atoms with Gasteiger partial charge in [-0.25, -0.2) is 0 Å². The maximum Gasteiger partial charge on any atom is 0.311 e. The molecule has 1 saturated heterocycles. The van der Waals surface area contributed by atoms with E-state index in [1.807, 2.05) is 27.8 Å². The lowest BCUT2D eigenvalue weighted by Crippen LogP contribution is -2.29. The molecule has 0 aromatic rings. The summed E-state index contributed by atoms with van der Waals surface area (Å²) in [5.41, 5.74) is -0.388. The molecule has 0 bridgehead atoms. The van der Waals surface area contributed by atoms with Crippen LogP contribution in [0.3, 0.4) is 0 Å². The van der Waals surface area contributed by atoms with Crippen LogP contribution >= 0.6 is 0 Å². The fraction of sp³-hybridized carbons (Fsp3) is 0.800. The van der Waals surface area contributed by atoms with Crippen LogP contribution in [-0.2, 0) is 9.53 Å². The predicted octanol–water partition coefficient (Wildman–Crippen LogP) is 1.44. The average molecular weight is 184 g/mol. The number of carbonyl (C=O) groups excluding carboxylic acids is 1. The Morgan fingerprint density at radius 1 is 1.54 bits per heavy atom. The van der Waals surface area contributed by atoms with Crippen molar-refractivity contribution in [2.75, 3.05) is 13.6 Å². The first kappa shape index (κ1) is 10.5. The molecule has 0 aromatic heterocycles. The molecule has 0 amide bonds. The molecule has 1 unspecified atom stereocenters. The van der Waals surface area contributed by atoms with Crippen molar-refractivity contribution in [3.63, 3.8) is 0 Å². The van der Waals surface area contributed by atoms with Crippen molar-refractivity contribution in [2.24, 2.45) is 5.41 Å². The van der Waals surface area contributed by atoms with Crippen molar-refractivity contribution in [1.82, 2.24) is 4.90 Å². The third-order valence-corrected chi connectivity index (χ3v) is 2.06. The van der Waals surface area contributed by atoms with Crippen LogP contribution in [-0.4, -0.2) is 30.6 Å². The van der Waals surface area contributed by atoms with Gasteiger partial charge < -0.3 is 4.74 Å². The van der Waals surface area contributed by atoms with Crippen molar-refractivity contribution in [1.29, 1.82) is 0 Å². The van der Waals surface area contributed by atoms with Gasteiger partial charge in [-0.1, -0.05) is 0 Å². The molecule has 1 aliphatic rings. The Morgan fingerprint density at radius 3 is 2.54 bits per heavy atom. The van der Waals surface area contributed by atoms with E-state index in [0.29, 0.717) is 0 Å². The molecule has 75 valence electrons. The highest BCUT2D eigenvalue weighted by molar-refractivity contribution is 5.75. The number of rotatable bonds is 1. The fourth-order valence-electron chi connectivity index (χ4n) is 1.18. The normalized spacial score (nSPS) is 24.8. The Balaban J connectivity index is 2.37. The second kappa shape index (κ2) is 3.66. The molecule has 13 heavy (non-hydrogen) atoms. The van der Waals surface area contributed by atoms with Gasteiger partial charge in [0, 0.05) is 19.5 Å². The number of nitrogens with zero attached hydrogens (tertiary/aromatic N) is 1. The third-order valence-electron chi connectivity index (χ3n) is 2.06. The van der Waals surface area contributed by atoms with Crippen LogP contribution in [0, 0.1) is 12.0 Å². The summed E-state index contributed by atoms with van der Waals surface area (Å²) in [7, 11) is 1.99. The molecule has 1 radical (unpaired) electrons. The van der Waals surface area contributed by atoms with E-state index in [4.69, 9.17) is 4.74 Å². The number of likely N-dealkylation sites (tertiary alicyclic amines) is 1. The molecule has 0 spiro atoms. The zero-order valence-electron chi connectivity index (χ0n) is 8.83. The topological polar surface area (TPSA) is 29.5 Å². The lowest BCUT2D eigenvalue weighted by molar-refractivity contribution is -0.157. The van der Waals surface area contributed by atoms with Gasteiger partial charge in [0.1, 0.15) is 6.10 Å². The lowest BCUT2D eigenvalue weighted by Gasteiger charge is -2.20. The summed E-state index contributed by atoms with van der Waals surface area (Å²) in [6, 6.07) is 0. The monoisotopic (exact) mass is 184 g/mol. The Labute approximate surface area is 80.1 Å². The first-order valence-corrected chi connectivity index (χ1v) is 4.64. The molecule has 3 heteroatoms. The van der Waals surface area contributed by atoms with Crippen molar-refractivity contribution in [2.45, 2.75) is 33.3 Å². The van der Waals surface area contributed by atoms with Gasteiger partial charge in [0.15, 0.2) is 0 Å². The Hall–Kier alpha value is -0.570. The molecule has 1 atom stereocenters. The molecular formula is C10H18NO2.